The summed E-state index contributed by atoms with van der Waals surface area (Å²) in [6.07, 6.45) is 1.80. The number of hydrogen-bond donors (Lipinski definition) is 1. The van der Waals surface area contributed by atoms with Crippen LogP contribution in [-0.2, 0) is 4.79 Å². The molecule has 1 amide bonds. The number of carbonyl (C=O) groups excluding carboxylic acids is 1. The summed E-state index contributed by atoms with van der Waals surface area (Å²) in [5.41, 5.74) is 2.72. The normalized spacial score (nSPS) is 19.1. The van der Waals surface area contributed by atoms with Crippen LogP contribution in [0.25, 0.3) is 6.08 Å². The third kappa shape index (κ3) is 2.76. The molecule has 1 N–H and O–H groups in total. The van der Waals surface area contributed by atoms with Gasteiger partial charge in [0.15, 0.2) is 16.7 Å². The monoisotopic (exact) mass is 338 g/mol. The first kappa shape index (κ1) is 14.8. The molecule has 0 saturated carbocycles. The third-order valence-corrected chi connectivity index (χ3v) is 4.61. The van der Waals surface area contributed by atoms with E-state index in [9.17, 15) is 4.79 Å². The largest absolute Gasteiger partial charge is 0.454 e. The number of nitrogens with one attached hydrogen (secondary N) is 1. The van der Waals surface area contributed by atoms with Crippen molar-refractivity contribution in [2.45, 2.75) is 6.92 Å². The minimum absolute atomic E-state index is 0.163. The lowest BCUT2D eigenvalue weighted by Gasteiger charge is -2.01. The van der Waals surface area contributed by atoms with Gasteiger partial charge >= 0.3 is 0 Å². The van der Waals surface area contributed by atoms with Crippen molar-refractivity contribution < 1.29 is 14.3 Å². The highest BCUT2D eigenvalue weighted by molar-refractivity contribution is 8.18. The molecule has 0 unspecified atom stereocenters. The zero-order valence-corrected chi connectivity index (χ0v) is 13.7. The van der Waals surface area contributed by atoms with Crippen LogP contribution in [0.15, 0.2) is 52.4 Å². The molecule has 4 rings (SSSR count). The number of amides is 1. The number of fused-ring (bicyclic) bond motifs is 1. The Balaban J connectivity index is 1.63. The predicted molar refractivity (Wildman–Crippen MR) is 94.5 cm³/mol. The molecule has 2 aliphatic heterocycles. The van der Waals surface area contributed by atoms with Crippen LogP contribution in [0.1, 0.15) is 11.1 Å². The Labute approximate surface area is 143 Å². The van der Waals surface area contributed by atoms with Gasteiger partial charge in [0.05, 0.1) is 10.6 Å². The van der Waals surface area contributed by atoms with Gasteiger partial charge in [-0.05, 0) is 42.5 Å². The van der Waals surface area contributed by atoms with Crippen molar-refractivity contribution in [1.29, 1.82) is 0 Å². The van der Waals surface area contributed by atoms with Gasteiger partial charge in [-0.2, -0.15) is 0 Å². The van der Waals surface area contributed by atoms with E-state index in [-0.39, 0.29) is 12.7 Å². The molecule has 24 heavy (non-hydrogen) atoms. The molecule has 1 saturated heterocycles. The number of amidine groups is 1. The van der Waals surface area contributed by atoms with Crippen molar-refractivity contribution in [3.05, 3.63) is 58.5 Å². The van der Waals surface area contributed by atoms with E-state index in [0.717, 1.165) is 16.8 Å². The molecule has 2 aliphatic rings. The lowest BCUT2D eigenvalue weighted by molar-refractivity contribution is -0.115. The number of nitrogens with zero attached hydrogens (tertiary/aromatic N) is 1. The first-order valence-corrected chi connectivity index (χ1v) is 8.26. The van der Waals surface area contributed by atoms with Gasteiger partial charge in [-0.3, -0.25) is 4.79 Å². The number of hydrogen-bond acceptors (Lipinski definition) is 5. The first-order chi connectivity index (χ1) is 11.7. The fraction of sp³-hybridized carbons (Fsp3) is 0.111. The maximum Gasteiger partial charge on any atom is 0.264 e. The van der Waals surface area contributed by atoms with Crippen molar-refractivity contribution in [3.8, 4) is 11.5 Å². The summed E-state index contributed by atoms with van der Waals surface area (Å²) in [5, 5.41) is 3.38. The quantitative estimate of drug-likeness (QED) is 0.850. The zero-order valence-electron chi connectivity index (χ0n) is 12.9. The van der Waals surface area contributed by atoms with Gasteiger partial charge in [0, 0.05) is 5.56 Å². The van der Waals surface area contributed by atoms with E-state index < -0.39 is 0 Å². The number of aryl methyl sites for hydroxylation is 1. The third-order valence-electron chi connectivity index (χ3n) is 3.70. The fourth-order valence-electron chi connectivity index (χ4n) is 2.49. The number of thioether (sulfide) groups is 1. The van der Waals surface area contributed by atoms with Gasteiger partial charge in [-0.25, -0.2) is 4.99 Å². The van der Waals surface area contributed by atoms with Crippen molar-refractivity contribution >= 4 is 34.6 Å². The summed E-state index contributed by atoms with van der Waals surface area (Å²) in [7, 11) is 0. The number of rotatable bonds is 2. The molecule has 0 atom stereocenters. The minimum atomic E-state index is -0.163. The van der Waals surface area contributed by atoms with Gasteiger partial charge in [-0.1, -0.05) is 30.3 Å². The van der Waals surface area contributed by atoms with Gasteiger partial charge in [0.25, 0.3) is 5.91 Å². The summed E-state index contributed by atoms with van der Waals surface area (Å²) in [6.45, 7) is 2.19. The Morgan fingerprint density at radius 3 is 2.92 bits per heavy atom. The number of aliphatic imine (C=N–C) groups is 1. The van der Waals surface area contributed by atoms with Crippen LogP contribution in [0.3, 0.4) is 0 Å². The highest BCUT2D eigenvalue weighted by Crippen LogP contribution is 2.38. The molecule has 0 aromatic heterocycles. The molecule has 0 aliphatic carbocycles. The topological polar surface area (TPSA) is 59.9 Å². The molecule has 120 valence electrons. The van der Waals surface area contributed by atoms with E-state index >= 15 is 0 Å². The average Bonchev–Trinajstić information content (AvgIpc) is 3.17. The summed E-state index contributed by atoms with van der Waals surface area (Å²) in [4.78, 5) is 17.3. The molecule has 2 heterocycles. The van der Waals surface area contributed by atoms with Gasteiger partial charge in [0.1, 0.15) is 0 Å². The maximum atomic E-state index is 12.2. The molecule has 2 aromatic rings. The molecule has 5 nitrogen and oxygen atoms in total. The number of carbonyl (C=O) groups is 1. The molecular formula is C18H14N2O3S. The Hall–Kier alpha value is -2.73. The highest BCUT2D eigenvalue weighted by atomic mass is 32.2. The van der Waals surface area contributed by atoms with Gasteiger partial charge in [0.2, 0.25) is 6.79 Å². The number of ether oxygens (including phenoxy) is 2. The second-order valence-corrected chi connectivity index (χ2v) is 6.38. The predicted octanol–water partition coefficient (Wildman–Crippen LogP) is 3.62. The van der Waals surface area contributed by atoms with Crippen LogP contribution in [0.5, 0.6) is 11.5 Å². The molecule has 2 aromatic carbocycles. The molecular weight excluding hydrogens is 324 g/mol. The Kier molecular flexibility index (Phi) is 3.74. The average molecular weight is 338 g/mol. The van der Waals surface area contributed by atoms with E-state index in [1.807, 2.05) is 49.4 Å². The molecule has 0 radical (unpaired) electrons. The Bertz CT molecular complexity index is 890. The lowest BCUT2D eigenvalue weighted by Crippen LogP contribution is -2.19. The van der Waals surface area contributed by atoms with Crippen LogP contribution in [0.4, 0.5) is 5.69 Å². The minimum Gasteiger partial charge on any atom is -0.454 e. The van der Waals surface area contributed by atoms with Crippen molar-refractivity contribution in [2.24, 2.45) is 4.99 Å². The summed E-state index contributed by atoms with van der Waals surface area (Å²) >= 11 is 1.32. The van der Waals surface area contributed by atoms with Gasteiger partial charge < -0.3 is 14.8 Å². The van der Waals surface area contributed by atoms with Crippen molar-refractivity contribution in [3.63, 3.8) is 0 Å². The summed E-state index contributed by atoms with van der Waals surface area (Å²) < 4.78 is 10.8. The van der Waals surface area contributed by atoms with Gasteiger partial charge in [-0.15, -0.1) is 0 Å². The van der Waals surface area contributed by atoms with E-state index in [0.29, 0.717) is 21.6 Å². The van der Waals surface area contributed by atoms with E-state index in [4.69, 9.17) is 9.47 Å². The second kappa shape index (κ2) is 6.05. The second-order valence-electron chi connectivity index (χ2n) is 5.35. The highest BCUT2D eigenvalue weighted by Gasteiger charge is 2.25. The van der Waals surface area contributed by atoms with Crippen LogP contribution in [0.2, 0.25) is 0 Å². The smallest absolute Gasteiger partial charge is 0.264 e. The summed E-state index contributed by atoms with van der Waals surface area (Å²) in [5.74, 6) is 1.20. The maximum absolute atomic E-state index is 12.2. The van der Waals surface area contributed by atoms with Crippen molar-refractivity contribution in [2.75, 3.05) is 6.79 Å². The van der Waals surface area contributed by atoms with Crippen LogP contribution >= 0.6 is 11.8 Å². The molecule has 0 spiro atoms. The fourth-order valence-corrected chi connectivity index (χ4v) is 3.31. The molecule has 1 fully saturated rings. The number of benzene rings is 2. The molecule has 6 heteroatoms. The van der Waals surface area contributed by atoms with E-state index in [1.54, 1.807) is 6.08 Å². The van der Waals surface area contributed by atoms with Crippen LogP contribution in [0, 0.1) is 6.92 Å². The van der Waals surface area contributed by atoms with E-state index in [1.165, 1.54) is 11.8 Å². The Morgan fingerprint density at radius 1 is 1.17 bits per heavy atom. The Morgan fingerprint density at radius 2 is 2.04 bits per heavy atom. The summed E-state index contributed by atoms with van der Waals surface area (Å²) in [6, 6.07) is 13.4. The molecule has 0 bridgehead atoms. The zero-order chi connectivity index (χ0) is 16.5. The number of para-hydroxylation sites is 2. The standard InChI is InChI=1S/C18H14N2O3S/c1-11-5-2-3-7-13(11)19-18-20-17(21)15(24-18)9-12-6-4-8-14-16(12)23-10-22-14/h2-9H,10H2,1H3,(H,19,20,21)/b15-9+. The SMILES string of the molecule is Cc1ccccc1N=C1NC(=O)/C(=C\c2cccc3c2OCO3)S1. The van der Waals surface area contributed by atoms with Crippen LogP contribution < -0.4 is 14.8 Å². The van der Waals surface area contributed by atoms with Crippen molar-refractivity contribution in [1.82, 2.24) is 5.32 Å². The first-order valence-electron chi connectivity index (χ1n) is 7.44. The van der Waals surface area contributed by atoms with Crippen LogP contribution in [-0.4, -0.2) is 17.9 Å². The van der Waals surface area contributed by atoms with E-state index in [2.05, 4.69) is 10.3 Å². The lowest BCUT2D eigenvalue weighted by atomic mass is 10.1.